The molecule has 11 nitrogen and oxygen atoms in total. The van der Waals surface area contributed by atoms with Crippen LogP contribution in [0, 0.1) is 28.4 Å². The van der Waals surface area contributed by atoms with Crippen LogP contribution in [0.5, 0.6) is 0 Å². The summed E-state index contributed by atoms with van der Waals surface area (Å²) in [6, 6.07) is 7.85. The van der Waals surface area contributed by atoms with E-state index in [0.29, 0.717) is 17.7 Å². The van der Waals surface area contributed by atoms with Crippen LogP contribution >= 0.6 is 11.6 Å². The molecule has 3 heterocycles. The van der Waals surface area contributed by atoms with Gasteiger partial charge in [-0.25, -0.2) is 14.5 Å². The quantitative estimate of drug-likeness (QED) is 0.406. The standard InChI is InChI=1S/C22H17ClN6O5/c1-11-16(6-5-12(9-24)18(11)23)28-20(30)19-17-8-15(27(19)22(28)32)10-26(17)21(31)25-13-3-2-4-14(7-13)29(33)34/h2-7,15,17,19H,8,10H2,1H3,(H,25,31)/t15-,17?,19?/m1/s1. The number of non-ortho nitro benzene ring substituents is 1. The highest BCUT2D eigenvalue weighted by molar-refractivity contribution is 6.33. The van der Waals surface area contributed by atoms with Gasteiger partial charge in [0.1, 0.15) is 12.1 Å². The van der Waals surface area contributed by atoms with Crippen molar-refractivity contribution in [3.8, 4) is 6.07 Å². The van der Waals surface area contributed by atoms with Crippen LogP contribution in [0.1, 0.15) is 17.5 Å². The SMILES string of the molecule is Cc1c(N2C(=O)C3C4C[C@H](CN4C(=O)Nc4cccc([N+](=O)[O-])c4)N3C2=O)ccc(C#N)c1Cl. The lowest BCUT2D eigenvalue weighted by atomic mass is 10.1. The molecule has 3 aliphatic rings. The van der Waals surface area contributed by atoms with Crippen LogP contribution < -0.4 is 10.2 Å². The van der Waals surface area contributed by atoms with Crippen molar-refractivity contribution in [2.75, 3.05) is 16.8 Å². The molecule has 2 bridgehead atoms. The number of nitro groups is 1. The fourth-order valence-corrected chi connectivity index (χ4v) is 5.21. The molecule has 0 spiro atoms. The molecule has 3 saturated heterocycles. The predicted octanol–water partition coefficient (Wildman–Crippen LogP) is 3.25. The number of carbonyl (C=O) groups excluding carboxylic acids is 3. The molecule has 2 aromatic carbocycles. The second-order valence-corrected chi connectivity index (χ2v) is 8.72. The van der Waals surface area contributed by atoms with Gasteiger partial charge in [-0.05, 0) is 37.1 Å². The molecule has 12 heteroatoms. The number of likely N-dealkylation sites (tertiary alicyclic amines) is 1. The Morgan fingerprint density at radius 2 is 2.06 bits per heavy atom. The van der Waals surface area contributed by atoms with E-state index in [-0.39, 0.29) is 34.5 Å². The van der Waals surface area contributed by atoms with Gasteiger partial charge < -0.3 is 15.1 Å². The molecule has 0 aliphatic carbocycles. The van der Waals surface area contributed by atoms with E-state index in [2.05, 4.69) is 5.32 Å². The highest BCUT2D eigenvalue weighted by atomic mass is 35.5. The molecule has 2 aromatic rings. The number of amides is 5. The lowest BCUT2D eigenvalue weighted by Crippen LogP contribution is -2.55. The largest absolute Gasteiger partial charge is 0.332 e. The zero-order chi connectivity index (χ0) is 24.3. The number of nitriles is 1. The average molecular weight is 481 g/mol. The van der Waals surface area contributed by atoms with Gasteiger partial charge in [0.05, 0.1) is 33.3 Å². The van der Waals surface area contributed by atoms with Gasteiger partial charge in [-0.2, -0.15) is 5.26 Å². The fraction of sp³-hybridized carbons (Fsp3) is 0.273. The number of nitrogens with zero attached hydrogens (tertiary/aromatic N) is 5. The zero-order valence-electron chi connectivity index (χ0n) is 17.8. The summed E-state index contributed by atoms with van der Waals surface area (Å²) in [4.78, 5) is 54.1. The molecule has 1 N–H and O–H groups in total. The van der Waals surface area contributed by atoms with Crippen LogP contribution in [0.3, 0.4) is 0 Å². The van der Waals surface area contributed by atoms with E-state index in [1.165, 1.54) is 46.2 Å². The predicted molar refractivity (Wildman–Crippen MR) is 120 cm³/mol. The number of urea groups is 2. The van der Waals surface area contributed by atoms with E-state index in [9.17, 15) is 29.8 Å². The first-order valence-electron chi connectivity index (χ1n) is 10.4. The van der Waals surface area contributed by atoms with Crippen molar-refractivity contribution < 1.29 is 19.3 Å². The number of nitro benzene ring substituents is 1. The van der Waals surface area contributed by atoms with Crippen molar-refractivity contribution in [2.24, 2.45) is 0 Å². The molecule has 2 unspecified atom stereocenters. The number of imide groups is 1. The van der Waals surface area contributed by atoms with Crippen molar-refractivity contribution in [1.29, 1.82) is 5.26 Å². The summed E-state index contributed by atoms with van der Waals surface area (Å²) >= 11 is 6.25. The number of fused-ring (bicyclic) bond motifs is 5. The first-order chi connectivity index (χ1) is 16.2. The molecule has 5 amide bonds. The number of hydrogen-bond donors (Lipinski definition) is 1. The third-order valence-corrected chi connectivity index (χ3v) is 7.04. The monoisotopic (exact) mass is 480 g/mol. The normalized spacial score (nSPS) is 22.7. The summed E-state index contributed by atoms with van der Waals surface area (Å²) < 4.78 is 0. The lowest BCUT2D eigenvalue weighted by Gasteiger charge is -2.34. The van der Waals surface area contributed by atoms with Gasteiger partial charge in [-0.1, -0.05) is 17.7 Å². The van der Waals surface area contributed by atoms with Gasteiger partial charge in [0, 0.05) is 24.4 Å². The molecule has 0 radical (unpaired) electrons. The van der Waals surface area contributed by atoms with Crippen molar-refractivity contribution in [2.45, 2.75) is 31.5 Å². The Labute approximate surface area is 198 Å². The summed E-state index contributed by atoms with van der Waals surface area (Å²) in [5.41, 5.74) is 1.09. The minimum Gasteiger partial charge on any atom is -0.317 e. The van der Waals surface area contributed by atoms with Crippen molar-refractivity contribution in [1.82, 2.24) is 9.80 Å². The molecule has 34 heavy (non-hydrogen) atoms. The molecule has 0 saturated carbocycles. The van der Waals surface area contributed by atoms with Crippen LogP contribution in [0.25, 0.3) is 0 Å². The maximum atomic E-state index is 13.4. The Morgan fingerprint density at radius 1 is 1.29 bits per heavy atom. The number of benzene rings is 2. The zero-order valence-corrected chi connectivity index (χ0v) is 18.5. The smallest absolute Gasteiger partial charge is 0.317 e. The molecular weight excluding hydrogens is 464 g/mol. The summed E-state index contributed by atoms with van der Waals surface area (Å²) in [5, 5.41) is 23.0. The Morgan fingerprint density at radius 3 is 2.76 bits per heavy atom. The minimum absolute atomic E-state index is 0.157. The van der Waals surface area contributed by atoms with Crippen LogP contribution in [-0.4, -0.2) is 57.4 Å². The summed E-state index contributed by atoms with van der Waals surface area (Å²) in [7, 11) is 0. The van der Waals surface area contributed by atoms with Crippen molar-refractivity contribution in [3.05, 3.63) is 62.7 Å². The highest BCUT2D eigenvalue weighted by Crippen LogP contribution is 2.43. The number of carbonyl (C=O) groups is 3. The Balaban J connectivity index is 1.39. The average Bonchev–Trinajstić information content (AvgIpc) is 3.48. The first-order valence-corrected chi connectivity index (χ1v) is 10.8. The molecule has 0 aromatic heterocycles. The fourth-order valence-electron chi connectivity index (χ4n) is 5.01. The van der Waals surface area contributed by atoms with Crippen LogP contribution in [0.2, 0.25) is 5.02 Å². The van der Waals surface area contributed by atoms with Crippen molar-refractivity contribution >= 4 is 46.6 Å². The van der Waals surface area contributed by atoms with Gasteiger partial charge in [0.2, 0.25) is 0 Å². The highest BCUT2D eigenvalue weighted by Gasteiger charge is 2.63. The van der Waals surface area contributed by atoms with Crippen LogP contribution in [0.15, 0.2) is 36.4 Å². The number of piperazine rings is 1. The lowest BCUT2D eigenvalue weighted by molar-refractivity contribution is -0.384. The molecule has 3 fully saturated rings. The van der Waals surface area contributed by atoms with Gasteiger partial charge in [0.15, 0.2) is 0 Å². The van der Waals surface area contributed by atoms with Gasteiger partial charge in [-0.15, -0.1) is 0 Å². The molecule has 172 valence electrons. The van der Waals surface area contributed by atoms with Gasteiger partial charge in [-0.3, -0.25) is 14.9 Å². The van der Waals surface area contributed by atoms with E-state index < -0.39 is 35.0 Å². The van der Waals surface area contributed by atoms with Crippen molar-refractivity contribution in [3.63, 3.8) is 0 Å². The van der Waals surface area contributed by atoms with E-state index in [1.54, 1.807) is 6.92 Å². The third-order valence-electron chi connectivity index (χ3n) is 6.55. The van der Waals surface area contributed by atoms with E-state index >= 15 is 0 Å². The first kappa shape index (κ1) is 21.7. The molecule has 3 aliphatic heterocycles. The summed E-state index contributed by atoms with van der Waals surface area (Å²) in [5.74, 6) is -0.464. The third kappa shape index (κ3) is 3.07. The molecule has 3 atom stereocenters. The number of anilines is 2. The van der Waals surface area contributed by atoms with Crippen LogP contribution in [0.4, 0.5) is 26.7 Å². The maximum absolute atomic E-state index is 13.4. The summed E-state index contributed by atoms with van der Waals surface area (Å²) in [6.07, 6.45) is 0.464. The number of hydrogen-bond acceptors (Lipinski definition) is 6. The number of rotatable bonds is 3. The van der Waals surface area contributed by atoms with Gasteiger partial charge in [0.25, 0.3) is 11.6 Å². The Hall–Kier alpha value is -4.17. The number of nitrogens with one attached hydrogen (secondary N) is 1. The van der Waals surface area contributed by atoms with E-state index in [0.717, 1.165) is 4.90 Å². The Kier molecular flexibility index (Phi) is 4.91. The molecule has 5 rings (SSSR count). The topological polar surface area (TPSA) is 140 Å². The summed E-state index contributed by atoms with van der Waals surface area (Å²) in [6.45, 7) is 1.87. The minimum atomic E-state index is -0.837. The number of halogens is 1. The van der Waals surface area contributed by atoms with E-state index in [4.69, 9.17) is 11.6 Å². The second kappa shape index (κ2) is 7.71. The second-order valence-electron chi connectivity index (χ2n) is 8.34. The van der Waals surface area contributed by atoms with Gasteiger partial charge >= 0.3 is 12.1 Å². The Bertz CT molecular complexity index is 1320. The van der Waals surface area contributed by atoms with E-state index in [1.807, 2.05) is 6.07 Å². The maximum Gasteiger partial charge on any atom is 0.332 e. The van der Waals surface area contributed by atoms with Crippen LogP contribution in [-0.2, 0) is 4.79 Å². The molecular formula is C22H17ClN6O5.